The molecule has 3 aromatic carbocycles. The van der Waals surface area contributed by atoms with Gasteiger partial charge in [-0.1, -0.05) is 43.3 Å². The number of amides is 1. The maximum atomic E-state index is 12.5. The monoisotopic (exact) mass is 354 g/mol. The molecule has 3 rings (SSSR count). The Labute approximate surface area is 146 Å². The van der Waals surface area contributed by atoms with Crippen LogP contribution < -0.4 is 10.5 Å². The predicted molar refractivity (Wildman–Crippen MR) is 99.1 cm³/mol. The summed E-state index contributed by atoms with van der Waals surface area (Å²) in [5, 5.41) is 10.00. The topological polar surface area (TPSA) is 89.3 Å². The molecule has 128 valence electrons. The van der Waals surface area contributed by atoms with Gasteiger partial charge in [0.25, 0.3) is 5.91 Å². The van der Waals surface area contributed by atoms with Gasteiger partial charge in [-0.3, -0.25) is 4.79 Å². The minimum atomic E-state index is -3.85. The highest BCUT2D eigenvalue weighted by molar-refractivity contribution is 7.89. The van der Waals surface area contributed by atoms with Gasteiger partial charge in [0, 0.05) is 11.3 Å². The van der Waals surface area contributed by atoms with Crippen LogP contribution in [-0.2, 0) is 16.4 Å². The summed E-state index contributed by atoms with van der Waals surface area (Å²) in [5.41, 5.74) is 1.50. The number of fused-ring (bicyclic) bond motifs is 1. The first-order valence-corrected chi connectivity index (χ1v) is 9.39. The van der Waals surface area contributed by atoms with Gasteiger partial charge < -0.3 is 5.32 Å². The van der Waals surface area contributed by atoms with Crippen LogP contribution in [0, 0.1) is 0 Å². The largest absolute Gasteiger partial charge is 0.322 e. The van der Waals surface area contributed by atoms with Crippen molar-refractivity contribution in [2.45, 2.75) is 18.2 Å². The zero-order chi connectivity index (χ0) is 18.0. The van der Waals surface area contributed by atoms with Crippen LogP contribution in [0.2, 0.25) is 0 Å². The highest BCUT2D eigenvalue weighted by Crippen LogP contribution is 2.22. The molecule has 6 heteroatoms. The van der Waals surface area contributed by atoms with E-state index in [1.165, 1.54) is 6.07 Å². The molecular formula is C19H18N2O3S. The number of sulfonamides is 1. The van der Waals surface area contributed by atoms with Crippen LogP contribution in [0.1, 0.15) is 22.8 Å². The lowest BCUT2D eigenvalue weighted by molar-refractivity contribution is 0.102. The Morgan fingerprint density at radius 3 is 2.40 bits per heavy atom. The number of nitrogens with one attached hydrogen (secondary N) is 1. The first-order valence-electron chi connectivity index (χ1n) is 7.84. The third-order valence-electron chi connectivity index (χ3n) is 4.02. The van der Waals surface area contributed by atoms with Crippen LogP contribution in [0.25, 0.3) is 10.8 Å². The van der Waals surface area contributed by atoms with Crippen molar-refractivity contribution in [1.29, 1.82) is 0 Å². The Bertz CT molecular complexity index is 1060. The molecule has 25 heavy (non-hydrogen) atoms. The molecule has 0 radical (unpaired) electrons. The van der Waals surface area contributed by atoms with Crippen LogP contribution >= 0.6 is 0 Å². The lowest BCUT2D eigenvalue weighted by atomic mass is 10.1. The number of rotatable bonds is 4. The molecule has 1 amide bonds. The number of carbonyl (C=O) groups is 1. The number of hydrogen-bond acceptors (Lipinski definition) is 3. The molecule has 0 spiro atoms. The van der Waals surface area contributed by atoms with Gasteiger partial charge in [-0.15, -0.1) is 0 Å². The van der Waals surface area contributed by atoms with Gasteiger partial charge in [-0.25, -0.2) is 13.6 Å². The Morgan fingerprint density at radius 2 is 1.72 bits per heavy atom. The molecule has 0 atom stereocenters. The fourth-order valence-corrected chi connectivity index (χ4v) is 3.59. The Kier molecular flexibility index (Phi) is 4.57. The van der Waals surface area contributed by atoms with Crippen molar-refractivity contribution >= 4 is 32.4 Å². The van der Waals surface area contributed by atoms with E-state index in [9.17, 15) is 13.2 Å². The summed E-state index contributed by atoms with van der Waals surface area (Å²) in [7, 11) is -3.85. The van der Waals surface area contributed by atoms with Crippen molar-refractivity contribution in [2.24, 2.45) is 5.14 Å². The second-order valence-electron chi connectivity index (χ2n) is 5.74. The lowest BCUT2D eigenvalue weighted by Gasteiger charge is -2.10. The fourth-order valence-electron chi connectivity index (χ4n) is 2.72. The van der Waals surface area contributed by atoms with Crippen molar-refractivity contribution in [2.75, 3.05) is 5.32 Å². The van der Waals surface area contributed by atoms with Gasteiger partial charge in [-0.2, -0.15) is 0 Å². The van der Waals surface area contributed by atoms with Crippen LogP contribution in [0.4, 0.5) is 5.69 Å². The van der Waals surface area contributed by atoms with Gasteiger partial charge >= 0.3 is 0 Å². The Hall–Kier alpha value is -2.70. The van der Waals surface area contributed by atoms with Crippen molar-refractivity contribution in [3.8, 4) is 0 Å². The third-order valence-corrected chi connectivity index (χ3v) is 5.02. The number of carbonyl (C=O) groups excluding carboxylic acids is 1. The predicted octanol–water partition coefficient (Wildman–Crippen LogP) is 3.30. The summed E-state index contributed by atoms with van der Waals surface area (Å²) < 4.78 is 23.5. The SMILES string of the molecule is CCc1ccc(NC(=O)c2ccc3ccccc3c2)cc1S(N)(=O)=O. The molecule has 0 aromatic heterocycles. The van der Waals surface area contributed by atoms with Gasteiger partial charge in [0.1, 0.15) is 0 Å². The maximum Gasteiger partial charge on any atom is 0.255 e. The minimum Gasteiger partial charge on any atom is -0.322 e. The summed E-state index contributed by atoms with van der Waals surface area (Å²) >= 11 is 0. The Balaban J connectivity index is 1.92. The normalized spacial score (nSPS) is 11.4. The van der Waals surface area contributed by atoms with E-state index < -0.39 is 10.0 Å². The van der Waals surface area contributed by atoms with Crippen molar-refractivity contribution in [3.63, 3.8) is 0 Å². The van der Waals surface area contributed by atoms with E-state index in [0.29, 0.717) is 23.2 Å². The zero-order valence-corrected chi connectivity index (χ0v) is 14.5. The first kappa shape index (κ1) is 17.1. The molecule has 0 fully saturated rings. The number of hydrogen-bond donors (Lipinski definition) is 2. The van der Waals surface area contributed by atoms with E-state index in [-0.39, 0.29) is 10.8 Å². The summed E-state index contributed by atoms with van der Waals surface area (Å²) in [6, 6.07) is 17.9. The zero-order valence-electron chi connectivity index (χ0n) is 13.7. The first-order chi connectivity index (χ1) is 11.9. The third kappa shape index (κ3) is 3.70. The van der Waals surface area contributed by atoms with Gasteiger partial charge in [0.05, 0.1) is 4.90 Å². The molecule has 0 heterocycles. The molecule has 5 nitrogen and oxygen atoms in total. The number of nitrogens with two attached hydrogens (primary N) is 1. The molecule has 0 saturated carbocycles. The highest BCUT2D eigenvalue weighted by Gasteiger charge is 2.15. The quantitative estimate of drug-likeness (QED) is 0.753. The van der Waals surface area contributed by atoms with Crippen LogP contribution in [0.15, 0.2) is 65.6 Å². The standard InChI is InChI=1S/C19H18N2O3S/c1-2-13-9-10-17(12-18(13)25(20,23)24)21-19(22)16-8-7-14-5-3-4-6-15(14)11-16/h3-12H,2H2,1H3,(H,21,22)(H2,20,23,24). The van der Waals surface area contributed by atoms with Crippen molar-refractivity contribution in [1.82, 2.24) is 0 Å². The molecule has 0 aliphatic carbocycles. The minimum absolute atomic E-state index is 0.0336. The van der Waals surface area contributed by atoms with E-state index in [4.69, 9.17) is 5.14 Å². The number of anilines is 1. The average molecular weight is 354 g/mol. The summed E-state index contributed by atoms with van der Waals surface area (Å²) in [6.45, 7) is 1.84. The molecule has 0 aliphatic rings. The molecular weight excluding hydrogens is 336 g/mol. The Morgan fingerprint density at radius 1 is 1.00 bits per heavy atom. The van der Waals surface area contributed by atoms with Gasteiger partial charge in [0.2, 0.25) is 10.0 Å². The second-order valence-corrected chi connectivity index (χ2v) is 7.27. The number of aryl methyl sites for hydroxylation is 1. The molecule has 3 N–H and O–H groups in total. The second kappa shape index (κ2) is 6.66. The van der Waals surface area contributed by atoms with E-state index in [1.807, 2.05) is 37.3 Å². The summed E-state index contributed by atoms with van der Waals surface area (Å²) in [4.78, 5) is 12.5. The van der Waals surface area contributed by atoms with Crippen molar-refractivity contribution in [3.05, 3.63) is 71.8 Å². The lowest BCUT2D eigenvalue weighted by Crippen LogP contribution is -2.16. The van der Waals surface area contributed by atoms with E-state index in [0.717, 1.165) is 10.8 Å². The van der Waals surface area contributed by atoms with E-state index >= 15 is 0 Å². The van der Waals surface area contributed by atoms with E-state index in [1.54, 1.807) is 24.3 Å². The van der Waals surface area contributed by atoms with Crippen molar-refractivity contribution < 1.29 is 13.2 Å². The molecule has 0 aliphatic heterocycles. The maximum absolute atomic E-state index is 12.5. The number of primary sulfonamides is 1. The average Bonchev–Trinajstić information content (AvgIpc) is 2.60. The van der Waals surface area contributed by atoms with Crippen LogP contribution in [-0.4, -0.2) is 14.3 Å². The molecule has 0 saturated heterocycles. The highest BCUT2D eigenvalue weighted by atomic mass is 32.2. The molecule has 0 unspecified atom stereocenters. The van der Waals surface area contributed by atoms with Crippen LogP contribution in [0.3, 0.4) is 0 Å². The molecule has 0 bridgehead atoms. The van der Waals surface area contributed by atoms with Gasteiger partial charge in [-0.05, 0) is 47.0 Å². The molecule has 3 aromatic rings. The van der Waals surface area contributed by atoms with E-state index in [2.05, 4.69) is 5.32 Å². The number of benzene rings is 3. The summed E-state index contributed by atoms with van der Waals surface area (Å²) in [5.74, 6) is -0.310. The van der Waals surface area contributed by atoms with Gasteiger partial charge in [0.15, 0.2) is 0 Å². The smallest absolute Gasteiger partial charge is 0.255 e. The van der Waals surface area contributed by atoms with Crippen LogP contribution in [0.5, 0.6) is 0 Å². The fraction of sp³-hybridized carbons (Fsp3) is 0.105. The summed E-state index contributed by atoms with van der Waals surface area (Å²) in [6.07, 6.45) is 0.532.